The zero-order chi connectivity index (χ0) is 27.5. The zero-order valence-electron chi connectivity index (χ0n) is 23.3. The number of rotatable bonds is 19. The van der Waals surface area contributed by atoms with Gasteiger partial charge in [0.05, 0.1) is 23.2 Å². The predicted molar refractivity (Wildman–Crippen MR) is 153 cm³/mol. The molecule has 3 heterocycles. The van der Waals surface area contributed by atoms with Crippen LogP contribution in [0.1, 0.15) is 84.0 Å². The van der Waals surface area contributed by atoms with Gasteiger partial charge in [0.2, 0.25) is 11.8 Å². The maximum absolute atomic E-state index is 14.2. The normalized spacial score (nSPS) is 27.4. The van der Waals surface area contributed by atoms with Crippen molar-refractivity contribution in [1.29, 1.82) is 0 Å². The van der Waals surface area contributed by atoms with Gasteiger partial charge in [0.15, 0.2) is 0 Å². The lowest BCUT2D eigenvalue weighted by Crippen LogP contribution is -2.55. The molecule has 3 saturated heterocycles. The minimum absolute atomic E-state index is 0.00111. The van der Waals surface area contributed by atoms with Crippen LogP contribution < -0.4 is 0 Å². The summed E-state index contributed by atoms with van der Waals surface area (Å²) in [7, 11) is 0. The summed E-state index contributed by atoms with van der Waals surface area (Å²) in [6.45, 7) is 11.9. The molecule has 214 valence electrons. The van der Waals surface area contributed by atoms with Crippen molar-refractivity contribution in [2.75, 3.05) is 32.8 Å². The second-order valence-electron chi connectivity index (χ2n) is 11.0. The average molecular weight is 549 g/mol. The molecule has 3 rings (SSSR count). The van der Waals surface area contributed by atoms with Crippen LogP contribution in [0.3, 0.4) is 0 Å². The lowest BCUT2D eigenvalue weighted by Gasteiger charge is -2.37. The van der Waals surface area contributed by atoms with E-state index in [9.17, 15) is 14.4 Å². The monoisotopic (exact) mass is 548 g/mol. The molecule has 0 aromatic carbocycles. The van der Waals surface area contributed by atoms with Crippen molar-refractivity contribution in [2.45, 2.75) is 100 Å². The van der Waals surface area contributed by atoms with E-state index in [1.54, 1.807) is 22.7 Å². The van der Waals surface area contributed by atoms with Gasteiger partial charge in [-0.05, 0) is 51.4 Å². The van der Waals surface area contributed by atoms with Crippen molar-refractivity contribution in [3.05, 3.63) is 25.3 Å². The molecule has 0 aromatic rings. The summed E-state index contributed by atoms with van der Waals surface area (Å²) < 4.78 is 5.13. The Morgan fingerprint density at radius 2 is 1.92 bits per heavy atom. The summed E-state index contributed by atoms with van der Waals surface area (Å²) in [6, 6.07) is -0.556. The van der Waals surface area contributed by atoms with E-state index in [1.165, 1.54) is 0 Å². The quantitative estimate of drug-likeness (QED) is 0.143. The number of allylic oxidation sites excluding steroid dienone is 1. The number of amides is 2. The largest absolute Gasteiger partial charge is 0.465 e. The third kappa shape index (κ3) is 6.67. The molecule has 7 nitrogen and oxygen atoms in total. The maximum Gasteiger partial charge on any atom is 0.310 e. The van der Waals surface area contributed by atoms with Gasteiger partial charge in [-0.3, -0.25) is 14.4 Å². The predicted octanol–water partition coefficient (Wildman–Crippen LogP) is 4.73. The van der Waals surface area contributed by atoms with Crippen LogP contribution in [0.2, 0.25) is 0 Å². The van der Waals surface area contributed by atoms with Crippen LogP contribution in [-0.2, 0) is 19.1 Å². The third-order valence-corrected chi connectivity index (χ3v) is 10.3. The Bertz CT molecular complexity index is 835. The SMILES string of the molecule is C=CCCCCOC(=O)[C@@H]1[C@H]2C(=O)N(CCCCCCO)C(C(=O)N(CC=C)CCCCC)C23CC[C@H]1S3. The number of hydrogen-bond donors (Lipinski definition) is 1. The Labute approximate surface area is 233 Å². The summed E-state index contributed by atoms with van der Waals surface area (Å²) in [5.41, 5.74) is 0. The van der Waals surface area contributed by atoms with Gasteiger partial charge in [0.25, 0.3) is 0 Å². The van der Waals surface area contributed by atoms with E-state index in [4.69, 9.17) is 9.84 Å². The maximum atomic E-state index is 14.2. The molecule has 2 unspecified atom stereocenters. The molecule has 0 radical (unpaired) electrons. The number of ether oxygens (including phenoxy) is 1. The van der Waals surface area contributed by atoms with Gasteiger partial charge in [-0.2, -0.15) is 0 Å². The Balaban J connectivity index is 1.83. The van der Waals surface area contributed by atoms with E-state index in [-0.39, 0.29) is 29.6 Å². The van der Waals surface area contributed by atoms with E-state index in [2.05, 4.69) is 20.1 Å². The number of aliphatic hydroxyl groups excluding tert-OH is 1. The number of fused-ring (bicyclic) bond motifs is 1. The molecule has 8 heteroatoms. The van der Waals surface area contributed by atoms with E-state index in [0.717, 1.165) is 77.0 Å². The first-order valence-corrected chi connectivity index (χ1v) is 15.6. The highest BCUT2D eigenvalue weighted by Gasteiger charge is 2.74. The van der Waals surface area contributed by atoms with Crippen molar-refractivity contribution < 1.29 is 24.2 Å². The van der Waals surface area contributed by atoms with Crippen molar-refractivity contribution >= 4 is 29.5 Å². The first-order chi connectivity index (χ1) is 18.5. The van der Waals surface area contributed by atoms with Gasteiger partial charge in [-0.25, -0.2) is 0 Å². The fourth-order valence-electron chi connectivity index (χ4n) is 6.52. The Morgan fingerprint density at radius 3 is 2.63 bits per heavy atom. The van der Waals surface area contributed by atoms with Gasteiger partial charge in [0, 0.05) is 31.5 Å². The summed E-state index contributed by atoms with van der Waals surface area (Å²) in [5, 5.41) is 9.15. The Morgan fingerprint density at radius 1 is 1.13 bits per heavy atom. The number of nitrogens with zero attached hydrogens (tertiary/aromatic N) is 2. The van der Waals surface area contributed by atoms with Crippen LogP contribution in [0, 0.1) is 11.8 Å². The number of carbonyl (C=O) groups excluding carboxylic acids is 3. The van der Waals surface area contributed by atoms with Crippen LogP contribution in [0.4, 0.5) is 0 Å². The van der Waals surface area contributed by atoms with Crippen molar-refractivity contribution in [3.63, 3.8) is 0 Å². The number of carbonyl (C=O) groups is 3. The number of thioether (sulfide) groups is 1. The molecule has 2 amide bonds. The standard InChI is InChI=1S/C30H48N2O5S/c1-4-7-9-15-22-37-29(36)24-23-16-17-30(38-23)25(24)27(34)32(20-13-10-11-14-21-33)26(30)28(35)31(18-6-3)19-12-8-5-2/h4,6,23-26,33H,1,3,5,7-22H2,2H3/t23-,24+,25+,26?,30?/m1/s1. The van der Waals surface area contributed by atoms with Crippen LogP contribution in [0.5, 0.6) is 0 Å². The zero-order valence-corrected chi connectivity index (χ0v) is 24.1. The lowest BCUT2D eigenvalue weighted by molar-refractivity contribution is -0.154. The topological polar surface area (TPSA) is 87.1 Å². The highest BCUT2D eigenvalue weighted by molar-refractivity contribution is 8.02. The van der Waals surface area contributed by atoms with E-state index in [0.29, 0.717) is 26.2 Å². The molecular formula is C30H48N2O5S. The molecule has 3 aliphatic heterocycles. The molecule has 0 aliphatic carbocycles. The molecule has 0 saturated carbocycles. The number of aliphatic hydroxyl groups is 1. The first kappa shape index (κ1) is 30.7. The van der Waals surface area contributed by atoms with Gasteiger partial charge in [-0.1, -0.05) is 44.8 Å². The fraction of sp³-hybridized carbons (Fsp3) is 0.767. The fourth-order valence-corrected chi connectivity index (χ4v) is 8.72. The van der Waals surface area contributed by atoms with E-state index < -0.39 is 22.6 Å². The lowest BCUT2D eigenvalue weighted by atomic mass is 9.71. The molecule has 2 bridgehead atoms. The summed E-state index contributed by atoms with van der Waals surface area (Å²) in [4.78, 5) is 45.2. The van der Waals surface area contributed by atoms with Crippen LogP contribution in [0.25, 0.3) is 0 Å². The smallest absolute Gasteiger partial charge is 0.310 e. The highest BCUT2D eigenvalue weighted by atomic mass is 32.2. The minimum Gasteiger partial charge on any atom is -0.465 e. The van der Waals surface area contributed by atoms with Crippen LogP contribution in [0.15, 0.2) is 25.3 Å². The number of esters is 1. The second kappa shape index (κ2) is 15.1. The summed E-state index contributed by atoms with van der Waals surface area (Å²) in [5.74, 6) is -1.31. The highest BCUT2D eigenvalue weighted by Crippen LogP contribution is 2.66. The molecule has 0 aromatic heterocycles. The van der Waals surface area contributed by atoms with Crippen LogP contribution >= 0.6 is 11.8 Å². The molecule has 3 aliphatic rings. The van der Waals surface area contributed by atoms with Gasteiger partial charge in [-0.15, -0.1) is 24.9 Å². The van der Waals surface area contributed by atoms with Gasteiger partial charge < -0.3 is 19.6 Å². The van der Waals surface area contributed by atoms with Crippen molar-refractivity contribution in [3.8, 4) is 0 Å². The number of unbranched alkanes of at least 4 members (excludes halogenated alkanes) is 7. The molecular weight excluding hydrogens is 500 g/mol. The summed E-state index contributed by atoms with van der Waals surface area (Å²) in [6.07, 6.45) is 14.2. The molecule has 1 spiro atoms. The Hall–Kier alpha value is -1.80. The Kier molecular flexibility index (Phi) is 12.2. The van der Waals surface area contributed by atoms with Gasteiger partial charge in [0.1, 0.15) is 6.04 Å². The number of hydrogen-bond acceptors (Lipinski definition) is 6. The van der Waals surface area contributed by atoms with Gasteiger partial charge >= 0.3 is 5.97 Å². The summed E-state index contributed by atoms with van der Waals surface area (Å²) >= 11 is 1.71. The number of likely N-dealkylation sites (tertiary alicyclic amines) is 1. The molecule has 3 fully saturated rings. The minimum atomic E-state index is -0.569. The van der Waals surface area contributed by atoms with E-state index >= 15 is 0 Å². The van der Waals surface area contributed by atoms with Crippen molar-refractivity contribution in [2.24, 2.45) is 11.8 Å². The van der Waals surface area contributed by atoms with Crippen LogP contribution in [-0.4, -0.2) is 81.6 Å². The second-order valence-corrected chi connectivity index (χ2v) is 12.6. The third-order valence-electron chi connectivity index (χ3n) is 8.35. The first-order valence-electron chi connectivity index (χ1n) is 14.7. The molecule has 5 atom stereocenters. The van der Waals surface area contributed by atoms with Crippen molar-refractivity contribution in [1.82, 2.24) is 9.80 Å². The molecule has 38 heavy (non-hydrogen) atoms. The average Bonchev–Trinajstić information content (AvgIpc) is 3.55. The molecule has 1 N–H and O–H groups in total. The van der Waals surface area contributed by atoms with E-state index in [1.807, 2.05) is 11.0 Å².